The number of hydrogen-bond donors (Lipinski definition) is 4. The van der Waals surface area contributed by atoms with Crippen molar-refractivity contribution in [1.82, 2.24) is 0 Å². The molecule has 1 fully saturated rings. The summed E-state index contributed by atoms with van der Waals surface area (Å²) in [4.78, 5) is 0. The van der Waals surface area contributed by atoms with Gasteiger partial charge in [-0.05, 0) is 12.8 Å². The van der Waals surface area contributed by atoms with Crippen LogP contribution in [-0.4, -0.2) is 64.3 Å². The third-order valence-electron chi connectivity index (χ3n) is 2.68. The monoisotopic (exact) mass is 248 g/mol. The zero-order valence-corrected chi connectivity index (χ0v) is 9.60. The highest BCUT2D eigenvalue weighted by atomic mass is 16.7. The molecule has 6 nitrogen and oxygen atoms in total. The van der Waals surface area contributed by atoms with Crippen LogP contribution in [0.1, 0.15) is 12.8 Å². The molecule has 1 aliphatic rings. The fourth-order valence-electron chi connectivity index (χ4n) is 1.63. The molecule has 4 unspecified atom stereocenters. The molecule has 0 aromatic heterocycles. The molecule has 0 saturated carbocycles. The minimum absolute atomic E-state index is 0.342. The molecule has 0 aromatic rings. The fraction of sp³-hybridized carbons (Fsp3) is 0.818. The Morgan fingerprint density at radius 2 is 1.88 bits per heavy atom. The van der Waals surface area contributed by atoms with Gasteiger partial charge in [-0.1, -0.05) is 6.08 Å². The quantitative estimate of drug-likeness (QED) is 0.347. The number of hydrogen-bond acceptors (Lipinski definition) is 6. The molecule has 0 spiro atoms. The van der Waals surface area contributed by atoms with Gasteiger partial charge in [0.05, 0.1) is 13.2 Å². The van der Waals surface area contributed by atoms with E-state index in [4.69, 9.17) is 14.6 Å². The maximum atomic E-state index is 9.62. The second-order valence-corrected chi connectivity index (χ2v) is 4.00. The summed E-state index contributed by atoms with van der Waals surface area (Å²) in [6.07, 6.45) is -2.76. The average Bonchev–Trinajstić information content (AvgIpc) is 2.34. The molecule has 0 aromatic carbocycles. The summed E-state index contributed by atoms with van der Waals surface area (Å²) >= 11 is 0. The normalized spacial score (nSPS) is 38.0. The van der Waals surface area contributed by atoms with Gasteiger partial charge in [0.15, 0.2) is 6.29 Å². The second kappa shape index (κ2) is 7.05. The molecule has 1 aliphatic heterocycles. The van der Waals surface area contributed by atoms with E-state index >= 15 is 0 Å². The van der Waals surface area contributed by atoms with Gasteiger partial charge in [-0.3, -0.25) is 0 Å². The van der Waals surface area contributed by atoms with Crippen molar-refractivity contribution >= 4 is 0 Å². The molecular weight excluding hydrogens is 228 g/mol. The van der Waals surface area contributed by atoms with Gasteiger partial charge in [-0.25, -0.2) is 0 Å². The average molecular weight is 248 g/mol. The second-order valence-electron chi connectivity index (χ2n) is 4.00. The van der Waals surface area contributed by atoms with Crippen LogP contribution < -0.4 is 0 Å². The van der Waals surface area contributed by atoms with Crippen LogP contribution in [0.25, 0.3) is 0 Å². The van der Waals surface area contributed by atoms with Crippen molar-refractivity contribution in [3.8, 4) is 0 Å². The van der Waals surface area contributed by atoms with E-state index in [1.807, 2.05) is 0 Å². The van der Waals surface area contributed by atoms with E-state index < -0.39 is 37.3 Å². The van der Waals surface area contributed by atoms with E-state index in [9.17, 15) is 15.3 Å². The molecule has 17 heavy (non-hydrogen) atoms. The first-order valence-electron chi connectivity index (χ1n) is 5.64. The SMILES string of the molecule is C=CCCCOC1OC(CO)[C@H](O)C(O)C1O. The Morgan fingerprint density at radius 1 is 1.18 bits per heavy atom. The van der Waals surface area contributed by atoms with Crippen LogP contribution in [0, 0.1) is 0 Å². The van der Waals surface area contributed by atoms with E-state index in [2.05, 4.69) is 6.58 Å². The van der Waals surface area contributed by atoms with E-state index in [0.717, 1.165) is 12.8 Å². The Hall–Kier alpha value is -0.500. The van der Waals surface area contributed by atoms with Crippen LogP contribution in [0.3, 0.4) is 0 Å². The molecule has 4 N–H and O–H groups in total. The highest BCUT2D eigenvalue weighted by molar-refractivity contribution is 4.88. The number of allylic oxidation sites excluding steroid dienone is 1. The van der Waals surface area contributed by atoms with Crippen LogP contribution in [0.5, 0.6) is 0 Å². The van der Waals surface area contributed by atoms with Crippen LogP contribution >= 0.6 is 0 Å². The van der Waals surface area contributed by atoms with E-state index in [1.165, 1.54) is 0 Å². The summed E-state index contributed by atoms with van der Waals surface area (Å²) in [6, 6.07) is 0. The van der Waals surface area contributed by atoms with Crippen LogP contribution in [-0.2, 0) is 9.47 Å². The van der Waals surface area contributed by atoms with Gasteiger partial charge < -0.3 is 29.9 Å². The predicted octanol–water partition coefficient (Wildman–Crippen LogP) is -1.23. The highest BCUT2D eigenvalue weighted by Crippen LogP contribution is 2.21. The summed E-state index contributed by atoms with van der Waals surface area (Å²) in [7, 11) is 0. The third-order valence-corrected chi connectivity index (χ3v) is 2.68. The summed E-state index contributed by atoms with van der Waals surface area (Å²) in [5, 5.41) is 37.6. The first kappa shape index (κ1) is 14.6. The molecule has 1 rings (SSSR count). The Bertz CT molecular complexity index is 232. The maximum Gasteiger partial charge on any atom is 0.186 e. The summed E-state index contributed by atoms with van der Waals surface area (Å²) in [5.41, 5.74) is 0. The van der Waals surface area contributed by atoms with Gasteiger partial charge in [0.25, 0.3) is 0 Å². The largest absolute Gasteiger partial charge is 0.394 e. The molecule has 0 amide bonds. The number of rotatable bonds is 6. The smallest absolute Gasteiger partial charge is 0.186 e. The van der Waals surface area contributed by atoms with E-state index in [0.29, 0.717) is 6.61 Å². The van der Waals surface area contributed by atoms with Gasteiger partial charge >= 0.3 is 0 Å². The molecule has 1 heterocycles. The molecule has 100 valence electrons. The Kier molecular flexibility index (Phi) is 6.04. The summed E-state index contributed by atoms with van der Waals surface area (Å²) < 4.78 is 10.4. The third kappa shape index (κ3) is 3.74. The standard InChI is InChI=1S/C11H20O6/c1-2-3-4-5-16-11-10(15)9(14)8(13)7(6-12)17-11/h2,7-15H,1,3-6H2/t7?,8-,9?,10?,11?/m0/s1. The van der Waals surface area contributed by atoms with E-state index in [-0.39, 0.29) is 0 Å². The van der Waals surface area contributed by atoms with Crippen molar-refractivity contribution in [2.75, 3.05) is 13.2 Å². The van der Waals surface area contributed by atoms with Crippen molar-refractivity contribution in [2.24, 2.45) is 0 Å². The van der Waals surface area contributed by atoms with Crippen LogP contribution in [0.15, 0.2) is 12.7 Å². The fourth-order valence-corrected chi connectivity index (χ4v) is 1.63. The van der Waals surface area contributed by atoms with Crippen molar-refractivity contribution in [3.05, 3.63) is 12.7 Å². The molecule has 6 heteroatoms. The lowest BCUT2D eigenvalue weighted by atomic mass is 9.99. The molecule has 1 saturated heterocycles. The predicted molar refractivity (Wildman–Crippen MR) is 59.2 cm³/mol. The summed E-state index contributed by atoms with van der Waals surface area (Å²) in [6.45, 7) is 3.46. The van der Waals surface area contributed by atoms with Crippen molar-refractivity contribution in [1.29, 1.82) is 0 Å². The number of aliphatic hydroxyl groups excluding tert-OH is 4. The van der Waals surface area contributed by atoms with Gasteiger partial charge in [0.2, 0.25) is 0 Å². The van der Waals surface area contributed by atoms with Gasteiger partial charge in [0.1, 0.15) is 24.4 Å². The minimum atomic E-state index is -1.38. The van der Waals surface area contributed by atoms with Crippen molar-refractivity contribution < 1.29 is 29.9 Å². The number of aliphatic hydroxyl groups is 4. The molecular formula is C11H20O6. The minimum Gasteiger partial charge on any atom is -0.394 e. The lowest BCUT2D eigenvalue weighted by Crippen LogP contribution is -2.59. The van der Waals surface area contributed by atoms with Crippen molar-refractivity contribution in [3.63, 3.8) is 0 Å². The molecule has 0 aliphatic carbocycles. The molecule has 0 bridgehead atoms. The summed E-state index contributed by atoms with van der Waals surface area (Å²) in [5.74, 6) is 0. The highest BCUT2D eigenvalue weighted by Gasteiger charge is 2.43. The first-order valence-corrected chi connectivity index (χ1v) is 5.64. The van der Waals surface area contributed by atoms with Gasteiger partial charge in [0, 0.05) is 0 Å². The topological polar surface area (TPSA) is 99.4 Å². The lowest BCUT2D eigenvalue weighted by Gasteiger charge is -2.39. The van der Waals surface area contributed by atoms with Gasteiger partial charge in [-0.2, -0.15) is 0 Å². The molecule has 5 atom stereocenters. The van der Waals surface area contributed by atoms with E-state index in [1.54, 1.807) is 6.08 Å². The maximum absolute atomic E-state index is 9.62. The van der Waals surface area contributed by atoms with Crippen LogP contribution in [0.4, 0.5) is 0 Å². The molecule has 0 radical (unpaired) electrons. The zero-order chi connectivity index (χ0) is 12.8. The first-order chi connectivity index (χ1) is 8.11. The van der Waals surface area contributed by atoms with Gasteiger partial charge in [-0.15, -0.1) is 6.58 Å². The number of ether oxygens (including phenoxy) is 2. The zero-order valence-electron chi connectivity index (χ0n) is 9.60. The lowest BCUT2D eigenvalue weighted by molar-refractivity contribution is -0.301. The van der Waals surface area contributed by atoms with Crippen LogP contribution in [0.2, 0.25) is 0 Å². The Morgan fingerprint density at radius 3 is 2.47 bits per heavy atom. The number of unbranched alkanes of at least 4 members (excludes halogenated alkanes) is 1. The Labute approximate surface area is 100 Å². The Balaban J connectivity index is 2.44. The van der Waals surface area contributed by atoms with Crippen molar-refractivity contribution in [2.45, 2.75) is 43.5 Å².